The van der Waals surface area contributed by atoms with Gasteiger partial charge in [-0.2, -0.15) is 0 Å². The molecule has 1 aromatic rings. The molecule has 0 aliphatic rings. The second-order valence-corrected chi connectivity index (χ2v) is 5.41. The molecule has 0 unspecified atom stereocenters. The van der Waals surface area contributed by atoms with E-state index >= 15 is 0 Å². The lowest BCUT2D eigenvalue weighted by Crippen LogP contribution is -2.42. The first-order chi connectivity index (χ1) is 7.43. The van der Waals surface area contributed by atoms with E-state index in [2.05, 4.69) is 14.7 Å². The van der Waals surface area contributed by atoms with Gasteiger partial charge in [0.15, 0.2) is 5.03 Å². The molecule has 7 heteroatoms. The summed E-state index contributed by atoms with van der Waals surface area (Å²) in [5.41, 5.74) is -0.993. The van der Waals surface area contributed by atoms with E-state index in [9.17, 15) is 13.5 Å². The molecule has 16 heavy (non-hydrogen) atoms. The first-order valence-corrected chi connectivity index (χ1v) is 6.62. The number of hydrogen-bond acceptors (Lipinski definition) is 4. The minimum atomic E-state index is -3.60. The van der Waals surface area contributed by atoms with Crippen molar-refractivity contribution in [1.82, 2.24) is 14.7 Å². The molecule has 0 aliphatic heterocycles. The molecule has 0 saturated heterocycles. The van der Waals surface area contributed by atoms with E-state index in [0.717, 1.165) is 0 Å². The summed E-state index contributed by atoms with van der Waals surface area (Å²) < 4.78 is 25.7. The molecule has 0 radical (unpaired) electrons. The van der Waals surface area contributed by atoms with Crippen LogP contribution in [0.1, 0.15) is 26.7 Å². The number of hydrogen-bond donors (Lipinski definition) is 3. The molecule has 0 bridgehead atoms. The van der Waals surface area contributed by atoms with Crippen molar-refractivity contribution in [2.45, 2.75) is 37.3 Å². The van der Waals surface area contributed by atoms with Crippen LogP contribution in [0.15, 0.2) is 17.6 Å². The second-order valence-electron chi connectivity index (χ2n) is 3.67. The van der Waals surface area contributed by atoms with Crippen molar-refractivity contribution in [3.8, 4) is 0 Å². The number of imidazole rings is 1. The number of aliphatic hydroxyl groups is 1. The van der Waals surface area contributed by atoms with Gasteiger partial charge in [-0.15, -0.1) is 0 Å². The number of nitrogens with one attached hydrogen (secondary N) is 2. The average molecular weight is 247 g/mol. The van der Waals surface area contributed by atoms with E-state index in [1.165, 1.54) is 12.5 Å². The number of rotatable bonds is 6. The fourth-order valence-corrected chi connectivity index (χ4v) is 2.22. The molecule has 1 aromatic heterocycles. The van der Waals surface area contributed by atoms with Crippen LogP contribution in [-0.2, 0) is 10.0 Å². The number of sulfonamides is 1. The smallest absolute Gasteiger partial charge is 0.257 e. The minimum Gasteiger partial charge on any atom is -0.389 e. The van der Waals surface area contributed by atoms with Crippen LogP contribution >= 0.6 is 0 Å². The fourth-order valence-electron chi connectivity index (χ4n) is 1.20. The zero-order chi connectivity index (χ0) is 12.2. The van der Waals surface area contributed by atoms with Crippen LogP contribution < -0.4 is 4.72 Å². The summed E-state index contributed by atoms with van der Waals surface area (Å²) in [6.45, 7) is 3.63. The standard InChI is InChI=1S/C9H17N3O3S/c1-3-9(13,4-2)6-12-16(14,15)8-5-10-7-11-8/h5,7,12-13H,3-4,6H2,1-2H3,(H,10,11). The zero-order valence-corrected chi connectivity index (χ0v) is 10.2. The highest BCUT2D eigenvalue weighted by Crippen LogP contribution is 2.14. The molecule has 0 aromatic carbocycles. The molecule has 0 atom stereocenters. The lowest BCUT2D eigenvalue weighted by molar-refractivity contribution is 0.0377. The zero-order valence-electron chi connectivity index (χ0n) is 9.40. The average Bonchev–Trinajstić information content (AvgIpc) is 2.80. The molecule has 0 amide bonds. The Labute approximate surface area is 95.2 Å². The van der Waals surface area contributed by atoms with Crippen LogP contribution in [0.4, 0.5) is 0 Å². The van der Waals surface area contributed by atoms with Crippen LogP contribution in [0.3, 0.4) is 0 Å². The van der Waals surface area contributed by atoms with Gasteiger partial charge in [0.1, 0.15) is 0 Å². The molecule has 0 aliphatic carbocycles. The number of H-pyrrole nitrogens is 1. The van der Waals surface area contributed by atoms with Gasteiger partial charge in [-0.3, -0.25) is 0 Å². The maximum Gasteiger partial charge on any atom is 0.257 e. The first-order valence-electron chi connectivity index (χ1n) is 5.14. The van der Waals surface area contributed by atoms with Crippen molar-refractivity contribution in [3.05, 3.63) is 12.5 Å². The Hall–Kier alpha value is -0.920. The van der Waals surface area contributed by atoms with E-state index < -0.39 is 15.6 Å². The van der Waals surface area contributed by atoms with Gasteiger partial charge in [-0.25, -0.2) is 18.1 Å². The van der Waals surface area contributed by atoms with Crippen LogP contribution in [-0.4, -0.2) is 35.6 Å². The van der Waals surface area contributed by atoms with E-state index in [4.69, 9.17) is 0 Å². The Bertz CT molecular complexity index is 409. The molecule has 0 saturated carbocycles. The lowest BCUT2D eigenvalue weighted by atomic mass is 9.98. The fraction of sp³-hybridized carbons (Fsp3) is 0.667. The highest BCUT2D eigenvalue weighted by atomic mass is 32.2. The first kappa shape index (κ1) is 13.1. The quantitative estimate of drug-likeness (QED) is 0.671. The van der Waals surface area contributed by atoms with Crippen LogP contribution in [0.2, 0.25) is 0 Å². The second kappa shape index (κ2) is 4.94. The molecule has 1 rings (SSSR count). The predicted octanol–water partition coefficient (Wildman–Crippen LogP) is 0.239. The van der Waals surface area contributed by atoms with Crippen LogP contribution in [0, 0.1) is 0 Å². The SMILES string of the molecule is CCC(O)(CC)CNS(=O)(=O)c1cnc[nH]1. The topological polar surface area (TPSA) is 95.1 Å². The molecular weight excluding hydrogens is 230 g/mol. The van der Waals surface area contributed by atoms with Gasteiger partial charge in [0, 0.05) is 6.54 Å². The summed E-state index contributed by atoms with van der Waals surface area (Å²) >= 11 is 0. The van der Waals surface area contributed by atoms with Gasteiger partial charge in [-0.1, -0.05) is 13.8 Å². The largest absolute Gasteiger partial charge is 0.389 e. The Morgan fingerprint density at radius 2 is 2.12 bits per heavy atom. The van der Waals surface area contributed by atoms with Gasteiger partial charge in [-0.05, 0) is 12.8 Å². The van der Waals surface area contributed by atoms with Crippen LogP contribution in [0.5, 0.6) is 0 Å². The maximum atomic E-state index is 11.7. The Morgan fingerprint density at radius 1 is 1.50 bits per heavy atom. The van der Waals surface area contributed by atoms with Gasteiger partial charge >= 0.3 is 0 Å². The van der Waals surface area contributed by atoms with E-state index in [1.807, 2.05) is 13.8 Å². The van der Waals surface area contributed by atoms with Crippen molar-refractivity contribution < 1.29 is 13.5 Å². The third kappa shape index (κ3) is 3.03. The van der Waals surface area contributed by atoms with Crippen molar-refractivity contribution in [2.24, 2.45) is 0 Å². The monoisotopic (exact) mass is 247 g/mol. The summed E-state index contributed by atoms with van der Waals surface area (Å²) in [4.78, 5) is 6.14. The molecule has 92 valence electrons. The summed E-state index contributed by atoms with van der Waals surface area (Å²) in [6.07, 6.45) is 3.50. The van der Waals surface area contributed by atoms with Crippen molar-refractivity contribution in [3.63, 3.8) is 0 Å². The number of nitrogens with zero attached hydrogens (tertiary/aromatic N) is 1. The van der Waals surface area contributed by atoms with Crippen molar-refractivity contribution >= 4 is 10.0 Å². The molecule has 0 spiro atoms. The normalized spacial score (nSPS) is 12.9. The maximum absolute atomic E-state index is 11.7. The van der Waals surface area contributed by atoms with Gasteiger partial charge in [0.25, 0.3) is 10.0 Å². The van der Waals surface area contributed by atoms with Gasteiger partial charge in [0.2, 0.25) is 0 Å². The number of aromatic amines is 1. The summed E-state index contributed by atoms with van der Waals surface area (Å²) in [5.74, 6) is 0. The van der Waals surface area contributed by atoms with Crippen LogP contribution in [0.25, 0.3) is 0 Å². The van der Waals surface area contributed by atoms with Gasteiger partial charge < -0.3 is 10.1 Å². The van der Waals surface area contributed by atoms with Crippen molar-refractivity contribution in [2.75, 3.05) is 6.54 Å². The minimum absolute atomic E-state index is 0.00134. The Balaban J connectivity index is 2.69. The van der Waals surface area contributed by atoms with Gasteiger partial charge in [0.05, 0.1) is 18.1 Å². The highest BCUT2D eigenvalue weighted by molar-refractivity contribution is 7.89. The Kier molecular flexibility index (Phi) is 4.06. The van der Waals surface area contributed by atoms with E-state index in [0.29, 0.717) is 12.8 Å². The van der Waals surface area contributed by atoms with E-state index in [-0.39, 0.29) is 11.6 Å². The third-order valence-corrected chi connectivity index (χ3v) is 4.00. The Morgan fingerprint density at radius 3 is 2.56 bits per heavy atom. The highest BCUT2D eigenvalue weighted by Gasteiger charge is 2.25. The molecule has 3 N–H and O–H groups in total. The summed E-state index contributed by atoms with van der Waals surface area (Å²) in [5, 5.41) is 9.94. The molecular formula is C9H17N3O3S. The molecule has 6 nitrogen and oxygen atoms in total. The molecule has 0 fully saturated rings. The summed E-state index contributed by atoms with van der Waals surface area (Å²) in [6, 6.07) is 0. The lowest BCUT2D eigenvalue weighted by Gasteiger charge is -2.24. The third-order valence-electron chi connectivity index (χ3n) is 2.67. The summed E-state index contributed by atoms with van der Waals surface area (Å²) in [7, 11) is -3.60. The van der Waals surface area contributed by atoms with Crippen molar-refractivity contribution in [1.29, 1.82) is 0 Å². The number of aromatic nitrogens is 2. The predicted molar refractivity (Wildman–Crippen MR) is 59.3 cm³/mol. The van der Waals surface area contributed by atoms with E-state index in [1.54, 1.807) is 0 Å². The molecule has 1 heterocycles.